The molecule has 0 radical (unpaired) electrons. The van der Waals surface area contributed by atoms with E-state index in [0.29, 0.717) is 30.0 Å². The number of pyridine rings is 1. The highest BCUT2D eigenvalue weighted by Gasteiger charge is 2.13. The SMILES string of the molecule is O=C(NCCc1ccccc1F)c1cc(COc2ccc3ncccc3c2)on1. The fourth-order valence-corrected chi connectivity index (χ4v) is 2.89. The van der Waals surface area contributed by atoms with Gasteiger partial charge in [-0.2, -0.15) is 0 Å². The number of aromatic nitrogens is 2. The van der Waals surface area contributed by atoms with Gasteiger partial charge in [-0.25, -0.2) is 4.39 Å². The summed E-state index contributed by atoms with van der Waals surface area (Å²) < 4.78 is 24.5. The monoisotopic (exact) mass is 391 g/mol. The van der Waals surface area contributed by atoms with E-state index >= 15 is 0 Å². The van der Waals surface area contributed by atoms with E-state index in [1.54, 1.807) is 24.4 Å². The van der Waals surface area contributed by atoms with Crippen molar-refractivity contribution in [1.29, 1.82) is 0 Å². The van der Waals surface area contributed by atoms with Crippen LogP contribution >= 0.6 is 0 Å². The van der Waals surface area contributed by atoms with Gasteiger partial charge >= 0.3 is 0 Å². The van der Waals surface area contributed by atoms with Gasteiger partial charge in [0.2, 0.25) is 0 Å². The summed E-state index contributed by atoms with van der Waals surface area (Å²) >= 11 is 0. The molecule has 7 heteroatoms. The first-order chi connectivity index (χ1) is 14.2. The number of hydrogen-bond acceptors (Lipinski definition) is 5. The molecule has 4 aromatic rings. The first-order valence-electron chi connectivity index (χ1n) is 9.14. The van der Waals surface area contributed by atoms with Crippen molar-refractivity contribution in [3.05, 3.63) is 89.7 Å². The number of nitrogens with zero attached hydrogens (tertiary/aromatic N) is 2. The average Bonchev–Trinajstić information content (AvgIpc) is 3.23. The lowest BCUT2D eigenvalue weighted by atomic mass is 10.1. The van der Waals surface area contributed by atoms with Gasteiger partial charge < -0.3 is 14.6 Å². The van der Waals surface area contributed by atoms with Gasteiger partial charge in [-0.05, 0) is 42.3 Å². The van der Waals surface area contributed by atoms with Crippen LogP contribution in [0.2, 0.25) is 0 Å². The molecule has 1 N–H and O–H groups in total. The van der Waals surface area contributed by atoms with Gasteiger partial charge in [0.25, 0.3) is 5.91 Å². The average molecular weight is 391 g/mol. The predicted molar refractivity (Wildman–Crippen MR) is 105 cm³/mol. The minimum Gasteiger partial charge on any atom is -0.486 e. The Morgan fingerprint density at radius 2 is 2.00 bits per heavy atom. The van der Waals surface area contributed by atoms with Crippen molar-refractivity contribution < 1.29 is 18.4 Å². The van der Waals surface area contributed by atoms with Gasteiger partial charge in [0.1, 0.15) is 18.2 Å². The van der Waals surface area contributed by atoms with Crippen LogP contribution < -0.4 is 10.1 Å². The lowest BCUT2D eigenvalue weighted by Crippen LogP contribution is -2.26. The Balaban J connectivity index is 1.30. The molecule has 6 nitrogen and oxygen atoms in total. The molecule has 0 unspecified atom stereocenters. The topological polar surface area (TPSA) is 77.2 Å². The van der Waals surface area contributed by atoms with E-state index in [1.807, 2.05) is 30.3 Å². The van der Waals surface area contributed by atoms with Crippen molar-refractivity contribution in [3.8, 4) is 5.75 Å². The number of benzene rings is 2. The predicted octanol–water partition coefficient (Wildman–Crippen LogP) is 3.91. The largest absolute Gasteiger partial charge is 0.486 e. The summed E-state index contributed by atoms with van der Waals surface area (Å²) in [5.41, 5.74) is 1.58. The maximum atomic E-state index is 13.6. The normalized spacial score (nSPS) is 10.8. The number of nitrogens with one attached hydrogen (secondary N) is 1. The van der Waals surface area contributed by atoms with Gasteiger partial charge in [0.15, 0.2) is 11.5 Å². The van der Waals surface area contributed by atoms with Crippen LogP contribution in [0, 0.1) is 5.82 Å². The molecule has 0 aliphatic rings. The van der Waals surface area contributed by atoms with E-state index in [0.717, 1.165) is 10.9 Å². The third-order valence-electron chi connectivity index (χ3n) is 4.38. The van der Waals surface area contributed by atoms with Crippen LogP contribution in [0.25, 0.3) is 10.9 Å². The maximum Gasteiger partial charge on any atom is 0.273 e. The summed E-state index contributed by atoms with van der Waals surface area (Å²) in [7, 11) is 0. The maximum absolute atomic E-state index is 13.6. The van der Waals surface area contributed by atoms with Gasteiger partial charge in [0, 0.05) is 24.2 Å². The van der Waals surface area contributed by atoms with E-state index in [-0.39, 0.29) is 24.0 Å². The highest BCUT2D eigenvalue weighted by molar-refractivity contribution is 5.92. The quantitative estimate of drug-likeness (QED) is 0.517. The van der Waals surface area contributed by atoms with E-state index in [4.69, 9.17) is 9.26 Å². The molecule has 0 atom stereocenters. The van der Waals surface area contributed by atoms with E-state index in [1.165, 1.54) is 12.1 Å². The number of carbonyl (C=O) groups is 1. The number of amides is 1. The fourth-order valence-electron chi connectivity index (χ4n) is 2.89. The fraction of sp³-hybridized carbons (Fsp3) is 0.136. The molecule has 0 spiro atoms. The summed E-state index contributed by atoms with van der Waals surface area (Å²) in [6.07, 6.45) is 2.13. The van der Waals surface area contributed by atoms with Crippen LogP contribution in [0.1, 0.15) is 21.8 Å². The number of hydrogen-bond donors (Lipinski definition) is 1. The van der Waals surface area contributed by atoms with Crippen molar-refractivity contribution in [1.82, 2.24) is 15.5 Å². The Hall–Kier alpha value is -3.74. The minimum absolute atomic E-state index is 0.140. The minimum atomic E-state index is -0.381. The standard InChI is InChI=1S/C22H18FN3O3/c23-19-6-2-1-4-15(19)9-11-25-22(27)21-13-18(29-26-21)14-28-17-7-8-20-16(12-17)5-3-10-24-20/h1-8,10,12-13H,9,11,14H2,(H,25,27). The molecule has 1 amide bonds. The lowest BCUT2D eigenvalue weighted by molar-refractivity contribution is 0.0944. The van der Waals surface area contributed by atoms with Crippen molar-refractivity contribution in [2.24, 2.45) is 0 Å². The second-order valence-electron chi connectivity index (χ2n) is 6.42. The highest BCUT2D eigenvalue weighted by atomic mass is 19.1. The molecule has 0 aliphatic heterocycles. The zero-order valence-corrected chi connectivity index (χ0v) is 15.5. The second kappa shape index (κ2) is 8.52. The Kier molecular flexibility index (Phi) is 5.47. The summed E-state index contributed by atoms with van der Waals surface area (Å²) in [4.78, 5) is 16.4. The summed E-state index contributed by atoms with van der Waals surface area (Å²) in [6, 6.07) is 17.4. The van der Waals surface area contributed by atoms with E-state index < -0.39 is 0 Å². The number of fused-ring (bicyclic) bond motifs is 1. The van der Waals surface area contributed by atoms with Crippen LogP contribution in [0.15, 0.2) is 71.4 Å². The Morgan fingerprint density at radius 3 is 2.90 bits per heavy atom. The summed E-state index contributed by atoms with van der Waals surface area (Å²) in [5, 5.41) is 7.45. The zero-order valence-electron chi connectivity index (χ0n) is 15.5. The number of carbonyl (C=O) groups excluding carboxylic acids is 1. The molecule has 29 heavy (non-hydrogen) atoms. The Morgan fingerprint density at radius 1 is 1.10 bits per heavy atom. The van der Waals surface area contributed by atoms with Gasteiger partial charge in [0.05, 0.1) is 5.52 Å². The highest BCUT2D eigenvalue weighted by Crippen LogP contribution is 2.20. The first-order valence-corrected chi connectivity index (χ1v) is 9.14. The van der Waals surface area contributed by atoms with Gasteiger partial charge in [-0.3, -0.25) is 9.78 Å². The summed E-state index contributed by atoms with van der Waals surface area (Å²) in [5.74, 6) is 0.425. The number of ether oxygens (including phenoxy) is 1. The smallest absolute Gasteiger partial charge is 0.273 e. The molecule has 4 rings (SSSR count). The molecule has 0 saturated heterocycles. The van der Waals surface area contributed by atoms with E-state index in [9.17, 15) is 9.18 Å². The first kappa shape index (κ1) is 18.6. The van der Waals surface area contributed by atoms with Crippen molar-refractivity contribution in [3.63, 3.8) is 0 Å². The van der Waals surface area contributed by atoms with Crippen molar-refractivity contribution in [2.75, 3.05) is 6.54 Å². The van der Waals surface area contributed by atoms with Crippen molar-refractivity contribution in [2.45, 2.75) is 13.0 Å². The third-order valence-corrected chi connectivity index (χ3v) is 4.38. The molecular weight excluding hydrogens is 373 g/mol. The summed E-state index contributed by atoms with van der Waals surface area (Å²) in [6.45, 7) is 0.435. The molecule has 0 saturated carbocycles. The lowest BCUT2D eigenvalue weighted by Gasteiger charge is -2.05. The molecule has 2 aromatic heterocycles. The van der Waals surface area contributed by atoms with Crippen molar-refractivity contribution >= 4 is 16.8 Å². The van der Waals surface area contributed by atoms with Crippen LogP contribution in [0.3, 0.4) is 0 Å². The molecule has 2 heterocycles. The molecule has 0 bridgehead atoms. The molecular formula is C22H18FN3O3. The van der Waals surface area contributed by atoms with Gasteiger partial charge in [-0.1, -0.05) is 29.4 Å². The van der Waals surface area contributed by atoms with Gasteiger partial charge in [-0.15, -0.1) is 0 Å². The van der Waals surface area contributed by atoms with Crippen LogP contribution in [-0.4, -0.2) is 22.6 Å². The number of rotatable bonds is 7. The van der Waals surface area contributed by atoms with Crippen LogP contribution in [0.5, 0.6) is 5.75 Å². The van der Waals surface area contributed by atoms with E-state index in [2.05, 4.69) is 15.5 Å². The third kappa shape index (κ3) is 4.57. The Bertz CT molecular complexity index is 1140. The van der Waals surface area contributed by atoms with Crippen LogP contribution in [-0.2, 0) is 13.0 Å². The van der Waals surface area contributed by atoms with Crippen LogP contribution in [0.4, 0.5) is 4.39 Å². The zero-order chi connectivity index (χ0) is 20.1. The molecule has 146 valence electrons. The molecule has 2 aromatic carbocycles. The number of halogens is 1. The Labute approximate surface area is 166 Å². The second-order valence-corrected chi connectivity index (χ2v) is 6.42. The molecule has 0 fully saturated rings. The molecule has 0 aliphatic carbocycles.